The Morgan fingerprint density at radius 2 is 2.21 bits per heavy atom. The van der Waals surface area contributed by atoms with E-state index in [2.05, 4.69) is 27.7 Å². The molecule has 128 valence electrons. The molecule has 1 aliphatic heterocycles. The molecule has 1 fully saturated rings. The normalized spacial score (nSPS) is 16.8. The molecule has 6 heteroatoms. The van der Waals surface area contributed by atoms with Crippen LogP contribution in [0.4, 0.5) is 5.69 Å². The molecule has 1 aromatic carbocycles. The van der Waals surface area contributed by atoms with Gasteiger partial charge in [-0.05, 0) is 49.9 Å². The molecule has 0 radical (unpaired) electrons. The number of nitrogens with one attached hydrogen (secondary N) is 2. The minimum absolute atomic E-state index is 0.0578. The number of carbonyl (C=O) groups is 1. The minimum atomic E-state index is 0.0578. The van der Waals surface area contributed by atoms with Gasteiger partial charge in [0, 0.05) is 24.6 Å². The quantitative estimate of drug-likeness (QED) is 0.882. The van der Waals surface area contributed by atoms with E-state index in [9.17, 15) is 4.79 Å². The van der Waals surface area contributed by atoms with E-state index in [1.54, 1.807) is 6.92 Å². The molecular formula is C18H24N4O2. The Morgan fingerprint density at radius 1 is 1.42 bits per heavy atom. The molecule has 0 aliphatic carbocycles. The smallest absolute Gasteiger partial charge is 0.224 e. The summed E-state index contributed by atoms with van der Waals surface area (Å²) in [5.74, 6) is 2.14. The lowest BCUT2D eigenvalue weighted by Crippen LogP contribution is -2.32. The fraction of sp³-hybridized carbons (Fsp3) is 0.500. The maximum atomic E-state index is 12.3. The van der Waals surface area contributed by atoms with Crippen LogP contribution in [0.5, 0.6) is 0 Å². The van der Waals surface area contributed by atoms with Gasteiger partial charge in [-0.3, -0.25) is 4.79 Å². The second kappa shape index (κ2) is 7.57. The number of amides is 1. The number of hydrogen-bond acceptors (Lipinski definition) is 5. The largest absolute Gasteiger partial charge is 0.339 e. The van der Waals surface area contributed by atoms with E-state index in [1.165, 1.54) is 0 Å². The first-order valence-corrected chi connectivity index (χ1v) is 8.53. The van der Waals surface area contributed by atoms with Crippen molar-refractivity contribution in [3.63, 3.8) is 0 Å². The average molecular weight is 328 g/mol. The van der Waals surface area contributed by atoms with Crippen LogP contribution in [0, 0.1) is 18.8 Å². The molecule has 1 aliphatic rings. The van der Waals surface area contributed by atoms with Crippen molar-refractivity contribution < 1.29 is 9.32 Å². The minimum Gasteiger partial charge on any atom is -0.339 e. The highest BCUT2D eigenvalue weighted by Crippen LogP contribution is 2.25. The van der Waals surface area contributed by atoms with Gasteiger partial charge in [-0.15, -0.1) is 0 Å². The van der Waals surface area contributed by atoms with E-state index < -0.39 is 0 Å². The van der Waals surface area contributed by atoms with Crippen LogP contribution in [0.1, 0.15) is 32.1 Å². The zero-order chi connectivity index (χ0) is 16.9. The molecule has 1 saturated heterocycles. The number of aryl methyl sites for hydroxylation is 1. The lowest BCUT2D eigenvalue weighted by atomic mass is 9.84. The number of carbonyl (C=O) groups excluding carboxylic acids is 1. The van der Waals surface area contributed by atoms with Gasteiger partial charge in [-0.1, -0.05) is 24.2 Å². The van der Waals surface area contributed by atoms with Crippen LogP contribution in [-0.2, 0) is 4.79 Å². The highest BCUT2D eigenvalue weighted by Gasteiger charge is 2.22. The lowest BCUT2D eigenvalue weighted by Gasteiger charge is -2.27. The molecule has 1 unspecified atom stereocenters. The summed E-state index contributed by atoms with van der Waals surface area (Å²) < 4.78 is 5.01. The molecule has 0 bridgehead atoms. The molecule has 0 spiro atoms. The van der Waals surface area contributed by atoms with Crippen molar-refractivity contribution in [1.29, 1.82) is 0 Å². The molecule has 1 atom stereocenters. The van der Waals surface area contributed by atoms with E-state index in [1.807, 2.05) is 24.3 Å². The van der Waals surface area contributed by atoms with Crippen LogP contribution in [0.3, 0.4) is 0 Å². The van der Waals surface area contributed by atoms with Crippen LogP contribution >= 0.6 is 0 Å². The molecular weight excluding hydrogens is 304 g/mol. The number of benzene rings is 1. The zero-order valence-electron chi connectivity index (χ0n) is 14.2. The van der Waals surface area contributed by atoms with Gasteiger partial charge >= 0.3 is 0 Å². The number of anilines is 1. The van der Waals surface area contributed by atoms with Gasteiger partial charge in [0.25, 0.3) is 0 Å². The first kappa shape index (κ1) is 16.6. The van der Waals surface area contributed by atoms with E-state index in [4.69, 9.17) is 4.52 Å². The van der Waals surface area contributed by atoms with Crippen LogP contribution in [0.25, 0.3) is 11.4 Å². The topological polar surface area (TPSA) is 80.0 Å². The summed E-state index contributed by atoms with van der Waals surface area (Å²) in [5.41, 5.74) is 1.59. The van der Waals surface area contributed by atoms with Gasteiger partial charge < -0.3 is 15.2 Å². The number of hydrogen-bond donors (Lipinski definition) is 2. The number of nitrogens with zero attached hydrogens (tertiary/aromatic N) is 2. The maximum absolute atomic E-state index is 12.3. The molecule has 1 aromatic heterocycles. The Kier molecular flexibility index (Phi) is 5.25. The summed E-state index contributed by atoms with van der Waals surface area (Å²) in [6.07, 6.45) is 2.86. The Hall–Kier alpha value is -2.21. The summed E-state index contributed by atoms with van der Waals surface area (Å²) in [6.45, 7) is 6.05. The van der Waals surface area contributed by atoms with Crippen LogP contribution in [0.15, 0.2) is 28.8 Å². The molecule has 3 rings (SSSR count). The van der Waals surface area contributed by atoms with Crippen molar-refractivity contribution >= 4 is 11.6 Å². The Balaban J connectivity index is 1.60. The highest BCUT2D eigenvalue weighted by molar-refractivity contribution is 5.91. The highest BCUT2D eigenvalue weighted by atomic mass is 16.5. The van der Waals surface area contributed by atoms with E-state index in [0.29, 0.717) is 30.0 Å². The van der Waals surface area contributed by atoms with Gasteiger partial charge in [0.05, 0.1) is 0 Å². The van der Waals surface area contributed by atoms with Gasteiger partial charge in [0.2, 0.25) is 17.6 Å². The van der Waals surface area contributed by atoms with Crippen molar-refractivity contribution in [2.45, 2.75) is 33.1 Å². The van der Waals surface area contributed by atoms with E-state index >= 15 is 0 Å². The average Bonchev–Trinajstić information content (AvgIpc) is 3.02. The third-order valence-electron chi connectivity index (χ3n) is 4.63. The molecule has 2 heterocycles. The summed E-state index contributed by atoms with van der Waals surface area (Å²) in [6, 6.07) is 7.53. The molecule has 1 amide bonds. The van der Waals surface area contributed by atoms with Gasteiger partial charge in [-0.2, -0.15) is 4.98 Å². The second-order valence-electron chi connectivity index (χ2n) is 6.53. The fourth-order valence-electron chi connectivity index (χ4n) is 3.24. The summed E-state index contributed by atoms with van der Waals surface area (Å²) in [7, 11) is 0. The summed E-state index contributed by atoms with van der Waals surface area (Å²) in [4.78, 5) is 16.6. The Labute approximate surface area is 142 Å². The van der Waals surface area contributed by atoms with Gasteiger partial charge in [0.15, 0.2) is 0 Å². The standard InChI is InChI=1S/C18H24N4O2/c1-12(14-6-8-19-9-7-14)10-17(23)21-16-5-3-4-15(11-16)18-20-13(2)24-22-18/h3-5,11-12,14,19H,6-10H2,1-2H3,(H,21,23). The monoisotopic (exact) mass is 328 g/mol. The third kappa shape index (κ3) is 4.20. The summed E-state index contributed by atoms with van der Waals surface area (Å²) >= 11 is 0. The Morgan fingerprint density at radius 3 is 2.92 bits per heavy atom. The summed E-state index contributed by atoms with van der Waals surface area (Å²) in [5, 5.41) is 10.3. The van der Waals surface area contributed by atoms with Crippen molar-refractivity contribution in [2.24, 2.45) is 11.8 Å². The van der Waals surface area contributed by atoms with Crippen molar-refractivity contribution in [1.82, 2.24) is 15.5 Å². The number of aromatic nitrogens is 2. The van der Waals surface area contributed by atoms with E-state index in [0.717, 1.165) is 37.2 Å². The molecule has 24 heavy (non-hydrogen) atoms. The SMILES string of the molecule is Cc1nc(-c2cccc(NC(=O)CC(C)C3CCNCC3)c2)no1. The van der Waals surface area contributed by atoms with Crippen molar-refractivity contribution in [3.05, 3.63) is 30.2 Å². The first-order chi connectivity index (χ1) is 11.6. The maximum Gasteiger partial charge on any atom is 0.224 e. The molecule has 2 N–H and O–H groups in total. The van der Waals surface area contributed by atoms with Crippen molar-refractivity contribution in [2.75, 3.05) is 18.4 Å². The number of rotatable bonds is 5. The van der Waals surface area contributed by atoms with E-state index in [-0.39, 0.29) is 5.91 Å². The first-order valence-electron chi connectivity index (χ1n) is 8.53. The Bertz CT molecular complexity index is 692. The number of piperidine rings is 1. The van der Waals surface area contributed by atoms with Crippen LogP contribution in [-0.4, -0.2) is 29.1 Å². The zero-order valence-corrected chi connectivity index (χ0v) is 14.2. The van der Waals surface area contributed by atoms with Crippen molar-refractivity contribution in [3.8, 4) is 11.4 Å². The van der Waals surface area contributed by atoms with Gasteiger partial charge in [-0.25, -0.2) is 0 Å². The second-order valence-corrected chi connectivity index (χ2v) is 6.53. The predicted molar refractivity (Wildman–Crippen MR) is 92.5 cm³/mol. The van der Waals surface area contributed by atoms with Crippen LogP contribution < -0.4 is 10.6 Å². The predicted octanol–water partition coefficient (Wildman–Crippen LogP) is 3.01. The van der Waals surface area contributed by atoms with Gasteiger partial charge in [0.1, 0.15) is 0 Å². The molecule has 0 saturated carbocycles. The molecule has 6 nitrogen and oxygen atoms in total. The fourth-order valence-corrected chi connectivity index (χ4v) is 3.24. The lowest BCUT2D eigenvalue weighted by molar-refractivity contribution is -0.117. The third-order valence-corrected chi connectivity index (χ3v) is 4.63. The van der Waals surface area contributed by atoms with Crippen LogP contribution in [0.2, 0.25) is 0 Å². The molecule has 2 aromatic rings.